The average molecular weight is 287 g/mol. The Bertz CT molecular complexity index is 477. The van der Waals surface area contributed by atoms with Crippen LogP contribution in [-0.2, 0) is 14.8 Å². The third-order valence-corrected chi connectivity index (χ3v) is 3.90. The quantitative estimate of drug-likeness (QED) is 0.667. The van der Waals surface area contributed by atoms with Gasteiger partial charge in [-0.15, -0.1) is 0 Å². The van der Waals surface area contributed by atoms with Gasteiger partial charge in [-0.2, -0.15) is 0 Å². The molecule has 0 bridgehead atoms. The van der Waals surface area contributed by atoms with E-state index >= 15 is 0 Å². The molecular weight excluding hydrogens is 266 g/mol. The van der Waals surface area contributed by atoms with Gasteiger partial charge in [0.1, 0.15) is 10.7 Å². The van der Waals surface area contributed by atoms with Crippen molar-refractivity contribution in [3.63, 3.8) is 0 Å². The molecule has 7 heteroatoms. The molecule has 0 radical (unpaired) electrons. The second-order valence-electron chi connectivity index (χ2n) is 3.96. The Morgan fingerprint density at radius 3 is 2.84 bits per heavy atom. The molecule has 1 aromatic heterocycles. The van der Waals surface area contributed by atoms with E-state index in [0.717, 1.165) is 6.42 Å². The molecule has 19 heavy (non-hydrogen) atoms. The molecule has 6 nitrogen and oxygen atoms in total. The molecule has 0 aliphatic rings. The maximum absolute atomic E-state index is 12.1. The molecule has 108 valence electrons. The Morgan fingerprint density at radius 1 is 1.37 bits per heavy atom. The van der Waals surface area contributed by atoms with E-state index in [1.165, 1.54) is 6.07 Å². The van der Waals surface area contributed by atoms with E-state index in [2.05, 4.69) is 15.0 Å². The molecule has 0 aliphatic heterocycles. The molecule has 1 aromatic rings. The van der Waals surface area contributed by atoms with Crippen molar-refractivity contribution >= 4 is 15.8 Å². The van der Waals surface area contributed by atoms with Crippen molar-refractivity contribution in [2.45, 2.75) is 24.7 Å². The lowest BCUT2D eigenvalue weighted by Crippen LogP contribution is -2.26. The lowest BCUT2D eigenvalue weighted by atomic mass is 10.4. The van der Waals surface area contributed by atoms with Crippen LogP contribution in [0.5, 0.6) is 0 Å². The Hall–Kier alpha value is -1.18. The molecule has 0 saturated carbocycles. The Labute approximate surface area is 114 Å². The molecule has 0 atom stereocenters. The number of anilines is 1. The fourth-order valence-corrected chi connectivity index (χ4v) is 2.74. The number of pyridine rings is 1. The molecule has 0 amide bonds. The molecule has 1 heterocycles. The van der Waals surface area contributed by atoms with Gasteiger partial charge in [-0.05, 0) is 25.0 Å². The minimum absolute atomic E-state index is 0.159. The summed E-state index contributed by atoms with van der Waals surface area (Å²) in [5, 5.41) is 2.77. The van der Waals surface area contributed by atoms with Crippen LogP contribution in [0.15, 0.2) is 23.2 Å². The highest BCUT2D eigenvalue weighted by atomic mass is 32.2. The van der Waals surface area contributed by atoms with Crippen LogP contribution in [0.4, 0.5) is 5.82 Å². The number of sulfonamides is 1. The third kappa shape index (κ3) is 5.14. The maximum atomic E-state index is 12.1. The lowest BCUT2D eigenvalue weighted by molar-refractivity contribution is 0.133. The predicted molar refractivity (Wildman–Crippen MR) is 74.7 cm³/mol. The first kappa shape index (κ1) is 15.9. The summed E-state index contributed by atoms with van der Waals surface area (Å²) >= 11 is 0. The summed E-state index contributed by atoms with van der Waals surface area (Å²) in [5.41, 5.74) is 0. The first-order chi connectivity index (χ1) is 9.11. The summed E-state index contributed by atoms with van der Waals surface area (Å²) in [5.74, 6) is 0.345. The van der Waals surface area contributed by atoms with Crippen LogP contribution < -0.4 is 10.0 Å². The van der Waals surface area contributed by atoms with E-state index in [1.54, 1.807) is 19.3 Å². The van der Waals surface area contributed by atoms with Crippen LogP contribution in [0, 0.1) is 0 Å². The standard InChI is InChI=1S/C12H21N3O3S/c1-3-9-18-10-5-8-15-19(16,17)11-6-4-7-14-12(11)13-2/h4,6-7,15H,3,5,8-10H2,1-2H3,(H,13,14). The number of nitrogens with zero attached hydrogens (tertiary/aromatic N) is 1. The molecule has 2 N–H and O–H groups in total. The lowest BCUT2D eigenvalue weighted by Gasteiger charge is -2.10. The van der Waals surface area contributed by atoms with Gasteiger partial charge in [-0.3, -0.25) is 0 Å². The average Bonchev–Trinajstić information content (AvgIpc) is 2.42. The SMILES string of the molecule is CCCOCCCNS(=O)(=O)c1cccnc1NC. The van der Waals surface area contributed by atoms with Gasteiger partial charge >= 0.3 is 0 Å². The second-order valence-corrected chi connectivity index (χ2v) is 5.70. The summed E-state index contributed by atoms with van der Waals surface area (Å²) in [6, 6.07) is 3.12. The van der Waals surface area contributed by atoms with Gasteiger partial charge in [0.05, 0.1) is 0 Å². The Morgan fingerprint density at radius 2 is 2.16 bits per heavy atom. The van der Waals surface area contributed by atoms with Crippen molar-refractivity contribution in [2.75, 3.05) is 32.1 Å². The van der Waals surface area contributed by atoms with Crippen LogP contribution in [0.2, 0.25) is 0 Å². The van der Waals surface area contributed by atoms with Crippen LogP contribution in [-0.4, -0.2) is 40.2 Å². The van der Waals surface area contributed by atoms with Crippen LogP contribution >= 0.6 is 0 Å². The summed E-state index contributed by atoms with van der Waals surface area (Å²) in [6.45, 7) is 3.65. The Balaban J connectivity index is 2.52. The van der Waals surface area contributed by atoms with E-state index in [-0.39, 0.29) is 4.90 Å². The smallest absolute Gasteiger partial charge is 0.244 e. The van der Waals surface area contributed by atoms with Crippen molar-refractivity contribution in [3.8, 4) is 0 Å². The molecular formula is C12H21N3O3S. The molecule has 0 aromatic carbocycles. The number of rotatable bonds is 9. The topological polar surface area (TPSA) is 80.3 Å². The highest BCUT2D eigenvalue weighted by molar-refractivity contribution is 7.89. The second kappa shape index (κ2) is 8.08. The van der Waals surface area contributed by atoms with Gasteiger partial charge in [0, 0.05) is 33.0 Å². The summed E-state index contributed by atoms with van der Waals surface area (Å²) in [6.07, 6.45) is 3.16. The van der Waals surface area contributed by atoms with E-state index in [4.69, 9.17) is 4.74 Å². The monoisotopic (exact) mass is 287 g/mol. The van der Waals surface area contributed by atoms with Gasteiger partial charge in [-0.25, -0.2) is 18.1 Å². The highest BCUT2D eigenvalue weighted by Crippen LogP contribution is 2.16. The summed E-state index contributed by atoms with van der Waals surface area (Å²) in [4.78, 5) is 4.14. The van der Waals surface area contributed by atoms with Gasteiger partial charge in [0.15, 0.2) is 0 Å². The van der Waals surface area contributed by atoms with Gasteiger partial charge < -0.3 is 10.1 Å². The molecule has 0 spiro atoms. The Kier molecular flexibility index (Phi) is 6.75. The minimum Gasteiger partial charge on any atom is -0.381 e. The number of hydrogen-bond donors (Lipinski definition) is 2. The van der Waals surface area contributed by atoms with E-state index in [0.29, 0.717) is 32.0 Å². The molecule has 0 unspecified atom stereocenters. The zero-order chi connectivity index (χ0) is 14.1. The van der Waals surface area contributed by atoms with Gasteiger partial charge in [0.25, 0.3) is 0 Å². The third-order valence-electron chi connectivity index (χ3n) is 2.40. The van der Waals surface area contributed by atoms with Crippen LogP contribution in [0.25, 0.3) is 0 Å². The van der Waals surface area contributed by atoms with Crippen molar-refractivity contribution in [1.82, 2.24) is 9.71 Å². The van der Waals surface area contributed by atoms with Crippen molar-refractivity contribution < 1.29 is 13.2 Å². The van der Waals surface area contributed by atoms with Crippen LogP contribution in [0.1, 0.15) is 19.8 Å². The number of ether oxygens (including phenoxy) is 1. The first-order valence-electron chi connectivity index (χ1n) is 6.32. The maximum Gasteiger partial charge on any atom is 0.244 e. The van der Waals surface area contributed by atoms with Crippen molar-refractivity contribution in [2.24, 2.45) is 0 Å². The molecule has 1 rings (SSSR count). The summed E-state index contributed by atoms with van der Waals surface area (Å²) in [7, 11) is -1.89. The van der Waals surface area contributed by atoms with Gasteiger partial charge in [0.2, 0.25) is 10.0 Å². The van der Waals surface area contributed by atoms with Crippen LogP contribution in [0.3, 0.4) is 0 Å². The largest absolute Gasteiger partial charge is 0.381 e. The number of hydrogen-bond acceptors (Lipinski definition) is 5. The highest BCUT2D eigenvalue weighted by Gasteiger charge is 2.17. The molecule has 0 saturated heterocycles. The molecule has 0 aliphatic carbocycles. The summed E-state index contributed by atoms with van der Waals surface area (Å²) < 4.78 is 32.0. The zero-order valence-corrected chi connectivity index (χ0v) is 12.2. The fraction of sp³-hybridized carbons (Fsp3) is 0.583. The number of aromatic nitrogens is 1. The predicted octanol–water partition coefficient (Wildman–Crippen LogP) is 1.22. The first-order valence-corrected chi connectivity index (χ1v) is 7.80. The normalized spacial score (nSPS) is 11.5. The van der Waals surface area contributed by atoms with E-state index in [1.807, 2.05) is 6.92 Å². The van der Waals surface area contributed by atoms with Crippen molar-refractivity contribution in [3.05, 3.63) is 18.3 Å². The molecule has 0 fully saturated rings. The minimum atomic E-state index is -3.53. The number of nitrogens with one attached hydrogen (secondary N) is 2. The van der Waals surface area contributed by atoms with Gasteiger partial charge in [-0.1, -0.05) is 6.92 Å². The van der Waals surface area contributed by atoms with Crippen molar-refractivity contribution in [1.29, 1.82) is 0 Å². The van der Waals surface area contributed by atoms with E-state index in [9.17, 15) is 8.42 Å². The fourth-order valence-electron chi connectivity index (χ4n) is 1.50. The zero-order valence-electron chi connectivity index (χ0n) is 11.3. The van der Waals surface area contributed by atoms with E-state index < -0.39 is 10.0 Å².